The molecule has 26 heavy (non-hydrogen) atoms. The number of carbonyl (C=O) groups is 1. The van der Waals surface area contributed by atoms with E-state index in [-0.39, 0.29) is 11.9 Å². The van der Waals surface area contributed by atoms with Gasteiger partial charge in [-0.15, -0.1) is 22.7 Å². The monoisotopic (exact) mass is 405 g/mol. The summed E-state index contributed by atoms with van der Waals surface area (Å²) in [5, 5.41) is 5.15. The summed E-state index contributed by atoms with van der Waals surface area (Å²) in [5.74, 6) is 1.04. The van der Waals surface area contributed by atoms with Gasteiger partial charge in [-0.1, -0.05) is 30.0 Å². The first-order chi connectivity index (χ1) is 12.6. The summed E-state index contributed by atoms with van der Waals surface area (Å²) in [7, 11) is 4.09. The Bertz CT molecular complexity index is 797. The van der Waals surface area contributed by atoms with Crippen LogP contribution in [0.4, 0.5) is 0 Å². The quantitative estimate of drug-likeness (QED) is 0.416. The van der Waals surface area contributed by atoms with Gasteiger partial charge in [-0.05, 0) is 44.1 Å². The number of amides is 1. The maximum atomic E-state index is 12.1. The Balaban J connectivity index is 1.38. The third kappa shape index (κ3) is 5.30. The molecule has 1 unspecified atom stereocenters. The van der Waals surface area contributed by atoms with E-state index in [0.29, 0.717) is 13.0 Å². The number of hydrogen-bond donors (Lipinski definition) is 1. The van der Waals surface area contributed by atoms with Crippen LogP contribution in [0.1, 0.15) is 23.8 Å². The third-order valence-corrected chi connectivity index (χ3v) is 7.27. The second-order valence-corrected chi connectivity index (χ2v) is 9.55. The Hall–Kier alpha value is -1.41. The van der Waals surface area contributed by atoms with Crippen molar-refractivity contribution in [2.75, 3.05) is 26.4 Å². The summed E-state index contributed by atoms with van der Waals surface area (Å²) in [4.78, 5) is 20.2. The number of fused-ring (bicyclic) bond motifs is 1. The van der Waals surface area contributed by atoms with Crippen LogP contribution in [-0.4, -0.2) is 42.2 Å². The van der Waals surface area contributed by atoms with Gasteiger partial charge in [0.05, 0.1) is 16.3 Å². The number of benzene rings is 1. The molecule has 0 saturated carbocycles. The van der Waals surface area contributed by atoms with E-state index in [1.165, 1.54) is 9.58 Å². The molecule has 0 aliphatic rings. The van der Waals surface area contributed by atoms with Crippen molar-refractivity contribution < 1.29 is 4.79 Å². The highest BCUT2D eigenvalue weighted by Gasteiger charge is 2.16. The Kier molecular flexibility index (Phi) is 7.07. The van der Waals surface area contributed by atoms with Crippen LogP contribution in [0, 0.1) is 0 Å². The maximum Gasteiger partial charge on any atom is 0.220 e. The number of aromatic nitrogens is 1. The molecule has 7 heteroatoms. The number of carbonyl (C=O) groups excluding carboxylic acids is 1. The second kappa shape index (κ2) is 9.50. The van der Waals surface area contributed by atoms with Gasteiger partial charge in [-0.25, -0.2) is 4.98 Å². The van der Waals surface area contributed by atoms with Crippen LogP contribution in [0.25, 0.3) is 10.2 Å². The van der Waals surface area contributed by atoms with E-state index in [9.17, 15) is 4.79 Å². The Morgan fingerprint density at radius 2 is 2.12 bits per heavy atom. The zero-order valence-electron chi connectivity index (χ0n) is 15.0. The summed E-state index contributed by atoms with van der Waals surface area (Å²) in [6.45, 7) is 0.650. The molecule has 0 aliphatic heterocycles. The lowest BCUT2D eigenvalue weighted by atomic mass is 10.2. The SMILES string of the molecule is CN(C)C(CNC(=O)CCCSc1nc2ccccc2s1)c1cccs1. The van der Waals surface area contributed by atoms with Gasteiger partial charge in [-0.3, -0.25) is 4.79 Å². The Morgan fingerprint density at radius 1 is 1.27 bits per heavy atom. The lowest BCUT2D eigenvalue weighted by Crippen LogP contribution is -2.34. The van der Waals surface area contributed by atoms with Gasteiger partial charge in [-0.2, -0.15) is 0 Å². The number of nitrogens with zero attached hydrogens (tertiary/aromatic N) is 2. The van der Waals surface area contributed by atoms with Crippen LogP contribution >= 0.6 is 34.4 Å². The van der Waals surface area contributed by atoms with E-state index in [0.717, 1.165) is 22.0 Å². The molecule has 1 amide bonds. The van der Waals surface area contributed by atoms with Crippen LogP contribution in [0.15, 0.2) is 46.1 Å². The van der Waals surface area contributed by atoms with Crippen LogP contribution in [0.5, 0.6) is 0 Å². The summed E-state index contributed by atoms with van der Waals surface area (Å²) >= 11 is 5.18. The number of rotatable bonds is 9. The molecular weight excluding hydrogens is 382 g/mol. The molecule has 1 aromatic carbocycles. The number of likely N-dealkylation sites (N-methyl/N-ethyl adjacent to an activating group) is 1. The normalized spacial score (nSPS) is 12.6. The zero-order chi connectivity index (χ0) is 18.4. The van der Waals surface area contributed by atoms with Gasteiger partial charge < -0.3 is 10.2 Å². The molecule has 0 aliphatic carbocycles. The van der Waals surface area contributed by atoms with Crippen molar-refractivity contribution in [2.24, 2.45) is 0 Å². The van der Waals surface area contributed by atoms with E-state index in [4.69, 9.17) is 0 Å². The molecule has 0 bridgehead atoms. The van der Waals surface area contributed by atoms with E-state index < -0.39 is 0 Å². The van der Waals surface area contributed by atoms with Gasteiger partial charge in [0, 0.05) is 23.6 Å². The fourth-order valence-corrected chi connectivity index (χ4v) is 5.62. The summed E-state index contributed by atoms with van der Waals surface area (Å²) < 4.78 is 2.30. The average molecular weight is 406 g/mol. The highest BCUT2D eigenvalue weighted by Crippen LogP contribution is 2.29. The predicted molar refractivity (Wildman–Crippen MR) is 113 cm³/mol. The first-order valence-corrected chi connectivity index (χ1v) is 11.3. The molecule has 3 aromatic rings. The number of thiazole rings is 1. The Labute approximate surface area is 166 Å². The minimum absolute atomic E-state index is 0.123. The minimum Gasteiger partial charge on any atom is -0.354 e. The van der Waals surface area contributed by atoms with Crippen LogP contribution < -0.4 is 5.32 Å². The number of nitrogens with one attached hydrogen (secondary N) is 1. The fourth-order valence-electron chi connectivity index (χ4n) is 2.62. The average Bonchev–Trinajstić information content (AvgIpc) is 3.28. The highest BCUT2D eigenvalue weighted by molar-refractivity contribution is 8.01. The molecule has 2 aromatic heterocycles. The van der Waals surface area contributed by atoms with Crippen molar-refractivity contribution in [3.8, 4) is 0 Å². The zero-order valence-corrected chi connectivity index (χ0v) is 17.4. The smallest absolute Gasteiger partial charge is 0.220 e. The molecule has 4 nitrogen and oxygen atoms in total. The maximum absolute atomic E-state index is 12.1. The number of hydrogen-bond acceptors (Lipinski definition) is 6. The fraction of sp³-hybridized carbons (Fsp3) is 0.368. The lowest BCUT2D eigenvalue weighted by Gasteiger charge is -2.23. The molecule has 0 fully saturated rings. The first kappa shape index (κ1) is 19.4. The van der Waals surface area contributed by atoms with Crippen LogP contribution in [0.2, 0.25) is 0 Å². The predicted octanol–water partition coefficient (Wildman–Crippen LogP) is 4.65. The van der Waals surface area contributed by atoms with E-state index in [1.54, 1.807) is 34.4 Å². The van der Waals surface area contributed by atoms with Crippen molar-refractivity contribution >= 4 is 50.6 Å². The third-order valence-electron chi connectivity index (χ3n) is 4.04. The van der Waals surface area contributed by atoms with Crippen molar-refractivity contribution in [3.05, 3.63) is 46.7 Å². The molecule has 1 atom stereocenters. The van der Waals surface area contributed by atoms with Gasteiger partial charge in [0.2, 0.25) is 5.91 Å². The van der Waals surface area contributed by atoms with Crippen molar-refractivity contribution in [3.63, 3.8) is 0 Å². The Morgan fingerprint density at radius 3 is 2.85 bits per heavy atom. The van der Waals surface area contributed by atoms with Gasteiger partial charge in [0.25, 0.3) is 0 Å². The number of para-hydroxylation sites is 1. The summed E-state index contributed by atoms with van der Waals surface area (Å²) in [6, 6.07) is 12.6. The molecule has 3 rings (SSSR count). The molecule has 2 heterocycles. The highest BCUT2D eigenvalue weighted by atomic mass is 32.2. The second-order valence-electron chi connectivity index (χ2n) is 6.20. The van der Waals surface area contributed by atoms with Crippen molar-refractivity contribution in [1.29, 1.82) is 0 Å². The molecule has 0 saturated heterocycles. The van der Waals surface area contributed by atoms with Crippen molar-refractivity contribution in [1.82, 2.24) is 15.2 Å². The van der Waals surface area contributed by atoms with Crippen LogP contribution in [0.3, 0.4) is 0 Å². The molecule has 0 spiro atoms. The minimum atomic E-state index is 0.123. The molecule has 0 radical (unpaired) electrons. The van der Waals surface area contributed by atoms with Gasteiger partial charge in [0.1, 0.15) is 0 Å². The summed E-state index contributed by atoms with van der Waals surface area (Å²) in [6.07, 6.45) is 1.42. The molecular formula is C19H23N3OS3. The van der Waals surface area contributed by atoms with E-state index in [2.05, 4.69) is 38.8 Å². The first-order valence-electron chi connectivity index (χ1n) is 8.58. The topological polar surface area (TPSA) is 45.2 Å². The standard InChI is InChI=1S/C19H23N3OS3/c1-22(2)15(17-9-5-11-24-17)13-20-18(23)10-6-12-25-19-21-14-7-3-4-8-16(14)26-19/h3-5,7-9,11,15H,6,10,12-13H2,1-2H3,(H,20,23). The van der Waals surface area contributed by atoms with Gasteiger partial charge in [0.15, 0.2) is 4.34 Å². The van der Waals surface area contributed by atoms with Gasteiger partial charge >= 0.3 is 0 Å². The number of thiophene rings is 1. The number of thioether (sulfide) groups is 1. The lowest BCUT2D eigenvalue weighted by molar-refractivity contribution is -0.121. The van der Waals surface area contributed by atoms with Crippen molar-refractivity contribution in [2.45, 2.75) is 23.2 Å². The largest absolute Gasteiger partial charge is 0.354 e. The van der Waals surface area contributed by atoms with E-state index >= 15 is 0 Å². The molecule has 138 valence electrons. The summed E-state index contributed by atoms with van der Waals surface area (Å²) in [5.41, 5.74) is 1.06. The van der Waals surface area contributed by atoms with E-state index in [1.807, 2.05) is 32.3 Å². The molecule has 1 N–H and O–H groups in total. The van der Waals surface area contributed by atoms with Crippen LogP contribution in [-0.2, 0) is 4.79 Å².